The van der Waals surface area contributed by atoms with Gasteiger partial charge in [0.25, 0.3) is 0 Å². The van der Waals surface area contributed by atoms with Crippen molar-refractivity contribution in [2.75, 3.05) is 45.8 Å². The van der Waals surface area contributed by atoms with Gasteiger partial charge in [0.05, 0.1) is 23.7 Å². The van der Waals surface area contributed by atoms with Gasteiger partial charge in [-0.2, -0.15) is 0 Å². The molecule has 3 heterocycles. The van der Waals surface area contributed by atoms with E-state index in [0.29, 0.717) is 31.1 Å². The van der Waals surface area contributed by atoms with Crippen molar-refractivity contribution >= 4 is 34.8 Å². The lowest BCUT2D eigenvalue weighted by Crippen LogP contribution is -2.52. The summed E-state index contributed by atoms with van der Waals surface area (Å²) >= 11 is 7.76. The molecule has 160 valence electrons. The molecule has 1 aromatic carbocycles. The van der Waals surface area contributed by atoms with E-state index in [9.17, 15) is 9.59 Å². The lowest BCUT2D eigenvalue weighted by molar-refractivity contribution is -0.135. The van der Waals surface area contributed by atoms with E-state index in [1.54, 1.807) is 0 Å². The number of halogens is 1. The number of nitrogens with zero attached hydrogens (tertiary/aromatic N) is 4. The first-order chi connectivity index (χ1) is 14.6. The molecule has 0 spiro atoms. The number of thiazole rings is 1. The molecule has 0 N–H and O–H groups in total. The second kappa shape index (κ2) is 9.90. The lowest BCUT2D eigenvalue weighted by Gasteiger charge is -2.36. The maximum absolute atomic E-state index is 12.7. The van der Waals surface area contributed by atoms with Crippen LogP contribution in [0.1, 0.15) is 25.0 Å². The normalized spacial score (nSPS) is 17.9. The van der Waals surface area contributed by atoms with Gasteiger partial charge in [-0.1, -0.05) is 29.8 Å². The van der Waals surface area contributed by atoms with E-state index >= 15 is 0 Å². The highest BCUT2D eigenvalue weighted by Crippen LogP contribution is 2.30. The van der Waals surface area contributed by atoms with E-state index in [-0.39, 0.29) is 11.8 Å². The summed E-state index contributed by atoms with van der Waals surface area (Å²) in [7, 11) is 0. The van der Waals surface area contributed by atoms with Crippen molar-refractivity contribution < 1.29 is 9.59 Å². The van der Waals surface area contributed by atoms with Crippen molar-refractivity contribution in [3.63, 3.8) is 0 Å². The maximum atomic E-state index is 12.7. The van der Waals surface area contributed by atoms with E-state index in [4.69, 9.17) is 11.6 Å². The summed E-state index contributed by atoms with van der Waals surface area (Å²) < 4.78 is 0. The standard InChI is InChI=1S/C22H27ClN4O2S/c23-19-7-3-2-6-18(19)22-24-17(16-30-22)14-20(28)27-12-10-25(11-13-27)15-21(29)26-8-4-1-5-9-26/h2-3,6-7,16H,1,4-5,8-15H2. The number of aromatic nitrogens is 1. The van der Waals surface area contributed by atoms with Crippen molar-refractivity contribution in [3.8, 4) is 10.6 Å². The first kappa shape index (κ1) is 21.3. The first-order valence-corrected chi connectivity index (χ1v) is 11.8. The summed E-state index contributed by atoms with van der Waals surface area (Å²) in [6.45, 7) is 5.05. The molecule has 8 heteroatoms. The third kappa shape index (κ3) is 5.20. The van der Waals surface area contributed by atoms with E-state index in [0.717, 1.165) is 55.3 Å². The van der Waals surface area contributed by atoms with Gasteiger partial charge in [-0.15, -0.1) is 11.3 Å². The van der Waals surface area contributed by atoms with Crippen LogP contribution in [0.25, 0.3) is 10.6 Å². The summed E-state index contributed by atoms with van der Waals surface area (Å²) in [5.74, 6) is 0.317. The minimum atomic E-state index is 0.0908. The summed E-state index contributed by atoms with van der Waals surface area (Å²) in [5, 5.41) is 3.44. The maximum Gasteiger partial charge on any atom is 0.236 e. The third-order valence-electron chi connectivity index (χ3n) is 5.78. The first-order valence-electron chi connectivity index (χ1n) is 10.6. The van der Waals surface area contributed by atoms with Crippen molar-refractivity contribution in [2.24, 2.45) is 0 Å². The van der Waals surface area contributed by atoms with E-state index in [1.165, 1.54) is 17.8 Å². The Morgan fingerprint density at radius 2 is 1.63 bits per heavy atom. The van der Waals surface area contributed by atoms with Gasteiger partial charge in [-0.25, -0.2) is 4.98 Å². The number of amides is 2. The van der Waals surface area contributed by atoms with Crippen molar-refractivity contribution in [1.29, 1.82) is 0 Å². The molecule has 2 aliphatic rings. The van der Waals surface area contributed by atoms with Crippen LogP contribution in [-0.2, 0) is 16.0 Å². The van der Waals surface area contributed by atoms with Gasteiger partial charge in [0.1, 0.15) is 5.01 Å². The molecule has 0 aliphatic carbocycles. The fourth-order valence-corrected chi connectivity index (χ4v) is 5.14. The molecule has 1 aromatic heterocycles. The van der Waals surface area contributed by atoms with Crippen LogP contribution in [0.5, 0.6) is 0 Å². The molecule has 2 amide bonds. The van der Waals surface area contributed by atoms with Gasteiger partial charge in [0.15, 0.2) is 0 Å². The minimum Gasteiger partial charge on any atom is -0.342 e. The van der Waals surface area contributed by atoms with Gasteiger partial charge < -0.3 is 9.80 Å². The number of likely N-dealkylation sites (tertiary alicyclic amines) is 1. The average molecular weight is 447 g/mol. The molecule has 0 radical (unpaired) electrons. The Bertz CT molecular complexity index is 889. The van der Waals surface area contributed by atoms with Crippen LogP contribution in [-0.4, -0.2) is 77.3 Å². The molecule has 0 unspecified atom stereocenters. The Morgan fingerprint density at radius 1 is 0.933 bits per heavy atom. The average Bonchev–Trinajstić information content (AvgIpc) is 3.23. The van der Waals surface area contributed by atoms with E-state index in [2.05, 4.69) is 9.88 Å². The predicted octanol–water partition coefficient (Wildman–Crippen LogP) is 3.16. The lowest BCUT2D eigenvalue weighted by atomic mass is 10.1. The van der Waals surface area contributed by atoms with Crippen LogP contribution in [0.4, 0.5) is 0 Å². The fourth-order valence-electron chi connectivity index (χ4n) is 4.00. The molecule has 2 saturated heterocycles. The number of carbonyl (C=O) groups is 2. The Labute approximate surface area is 186 Å². The number of benzene rings is 1. The van der Waals surface area contributed by atoms with Crippen LogP contribution in [0.2, 0.25) is 5.02 Å². The highest BCUT2D eigenvalue weighted by molar-refractivity contribution is 7.13. The zero-order valence-electron chi connectivity index (χ0n) is 17.1. The largest absolute Gasteiger partial charge is 0.342 e. The van der Waals surface area contributed by atoms with Crippen LogP contribution in [0, 0.1) is 0 Å². The molecule has 30 heavy (non-hydrogen) atoms. The fraction of sp³-hybridized carbons (Fsp3) is 0.500. The molecular formula is C22H27ClN4O2S. The van der Waals surface area contributed by atoms with Gasteiger partial charge in [-0.05, 0) is 25.3 Å². The zero-order valence-corrected chi connectivity index (χ0v) is 18.6. The number of hydrogen-bond acceptors (Lipinski definition) is 5. The molecule has 0 atom stereocenters. The molecular weight excluding hydrogens is 420 g/mol. The molecule has 4 rings (SSSR count). The van der Waals surface area contributed by atoms with Gasteiger partial charge >= 0.3 is 0 Å². The quantitative estimate of drug-likeness (QED) is 0.707. The van der Waals surface area contributed by atoms with Crippen molar-refractivity contribution in [1.82, 2.24) is 19.7 Å². The number of carbonyl (C=O) groups excluding carboxylic acids is 2. The summed E-state index contributed by atoms with van der Waals surface area (Å²) in [4.78, 5) is 35.8. The van der Waals surface area contributed by atoms with Crippen LogP contribution >= 0.6 is 22.9 Å². The predicted molar refractivity (Wildman–Crippen MR) is 120 cm³/mol. The Kier molecular flexibility index (Phi) is 7.02. The SMILES string of the molecule is O=C(Cc1csc(-c2ccccc2Cl)n1)N1CCN(CC(=O)N2CCCCC2)CC1. The molecule has 2 aromatic rings. The Morgan fingerprint density at radius 3 is 2.37 bits per heavy atom. The second-order valence-corrected chi connectivity index (χ2v) is 9.16. The summed E-state index contributed by atoms with van der Waals surface area (Å²) in [6, 6.07) is 7.61. The monoisotopic (exact) mass is 446 g/mol. The van der Waals surface area contributed by atoms with Gasteiger partial charge in [-0.3, -0.25) is 14.5 Å². The van der Waals surface area contributed by atoms with Crippen molar-refractivity contribution in [2.45, 2.75) is 25.7 Å². The highest BCUT2D eigenvalue weighted by atomic mass is 35.5. The van der Waals surface area contributed by atoms with Crippen LogP contribution in [0.15, 0.2) is 29.6 Å². The summed E-state index contributed by atoms with van der Waals surface area (Å²) in [6.07, 6.45) is 3.75. The van der Waals surface area contributed by atoms with E-state index < -0.39 is 0 Å². The molecule has 0 saturated carbocycles. The second-order valence-electron chi connectivity index (χ2n) is 7.90. The number of piperazine rings is 1. The van der Waals surface area contributed by atoms with Gasteiger partial charge in [0.2, 0.25) is 11.8 Å². The van der Waals surface area contributed by atoms with E-state index in [1.807, 2.05) is 39.4 Å². The number of piperidine rings is 1. The topological polar surface area (TPSA) is 56.8 Å². The third-order valence-corrected chi connectivity index (χ3v) is 7.03. The molecule has 2 aliphatic heterocycles. The number of rotatable bonds is 5. The zero-order chi connectivity index (χ0) is 20.9. The van der Waals surface area contributed by atoms with Gasteiger partial charge in [0, 0.05) is 50.2 Å². The Balaban J connectivity index is 1.26. The smallest absolute Gasteiger partial charge is 0.236 e. The molecule has 0 bridgehead atoms. The minimum absolute atomic E-state index is 0.0908. The molecule has 2 fully saturated rings. The summed E-state index contributed by atoms with van der Waals surface area (Å²) in [5.41, 5.74) is 1.68. The highest BCUT2D eigenvalue weighted by Gasteiger charge is 2.25. The Hall–Kier alpha value is -1.96. The van der Waals surface area contributed by atoms with Crippen LogP contribution < -0.4 is 0 Å². The number of hydrogen-bond donors (Lipinski definition) is 0. The van der Waals surface area contributed by atoms with Crippen molar-refractivity contribution in [3.05, 3.63) is 40.4 Å². The van der Waals surface area contributed by atoms with Crippen LogP contribution in [0.3, 0.4) is 0 Å². The molecule has 6 nitrogen and oxygen atoms in total.